The number of carbonyl (C=O) groups is 2. The molecule has 2 N–H and O–H groups in total. The van der Waals surface area contributed by atoms with Gasteiger partial charge in [0.05, 0.1) is 9.85 Å². The van der Waals surface area contributed by atoms with Gasteiger partial charge in [-0.15, -0.1) is 0 Å². The zero-order chi connectivity index (χ0) is 18.9. The van der Waals surface area contributed by atoms with Crippen LogP contribution in [-0.4, -0.2) is 39.7 Å². The van der Waals surface area contributed by atoms with E-state index in [0.29, 0.717) is 6.42 Å². The second-order valence-electron chi connectivity index (χ2n) is 6.94. The molecule has 3 fully saturated rings. The molecule has 4 rings (SSSR count). The van der Waals surface area contributed by atoms with Crippen molar-refractivity contribution in [2.24, 2.45) is 0 Å². The molecule has 1 unspecified atom stereocenters. The van der Waals surface area contributed by atoms with Gasteiger partial charge in [0, 0.05) is 22.5 Å². The van der Waals surface area contributed by atoms with Gasteiger partial charge in [-0.2, -0.15) is 0 Å². The molecule has 1 atom stereocenters. The molecule has 0 heterocycles. The number of carbonyl (C=O) groups excluding carboxylic acids is 2. The van der Waals surface area contributed by atoms with Crippen molar-refractivity contribution in [3.63, 3.8) is 0 Å². The van der Waals surface area contributed by atoms with Crippen LogP contribution in [0.5, 0.6) is 5.75 Å². The van der Waals surface area contributed by atoms with Gasteiger partial charge < -0.3 is 15.4 Å². The number of hydrogen-bond acceptors (Lipinski definition) is 3. The second-order valence-corrected chi connectivity index (χ2v) is 9.24. The molecule has 142 valence electrons. The molecule has 3 aliphatic carbocycles. The summed E-state index contributed by atoms with van der Waals surface area (Å²) in [5, 5.41) is 6.78. The van der Waals surface area contributed by atoms with Gasteiger partial charge in [0.25, 0.3) is 5.91 Å². The lowest BCUT2D eigenvalue weighted by Gasteiger charge is -2.70. The Labute approximate surface area is 172 Å². The highest BCUT2D eigenvalue weighted by atomic mass is 79.9. The Morgan fingerprint density at radius 1 is 1.27 bits per heavy atom. The van der Waals surface area contributed by atoms with Crippen LogP contribution in [0.2, 0.25) is 5.02 Å². The monoisotopic (exact) mass is 510 g/mol. The summed E-state index contributed by atoms with van der Waals surface area (Å²) in [5.41, 5.74) is -0.445. The van der Waals surface area contributed by atoms with Crippen molar-refractivity contribution in [1.82, 2.24) is 10.6 Å². The van der Waals surface area contributed by atoms with Crippen molar-refractivity contribution in [2.75, 3.05) is 11.9 Å². The van der Waals surface area contributed by atoms with Crippen LogP contribution in [0.1, 0.15) is 25.7 Å². The average Bonchev–Trinajstić information content (AvgIpc) is 2.53. The van der Waals surface area contributed by atoms with Gasteiger partial charge in [-0.25, -0.2) is 4.39 Å². The Kier molecular flexibility index (Phi) is 5.84. The van der Waals surface area contributed by atoms with Crippen molar-refractivity contribution in [2.45, 2.75) is 41.6 Å². The Balaban J connectivity index is 1.41. The van der Waals surface area contributed by atoms with Crippen molar-refractivity contribution in [3.8, 4) is 5.75 Å². The largest absolute Gasteiger partial charge is 0.484 e. The zero-order valence-corrected chi connectivity index (χ0v) is 17.7. The summed E-state index contributed by atoms with van der Waals surface area (Å²) in [5.74, 6) is -0.625. The summed E-state index contributed by atoms with van der Waals surface area (Å²) in [7, 11) is 0. The van der Waals surface area contributed by atoms with Gasteiger partial charge in [-0.05, 0) is 37.8 Å². The minimum absolute atomic E-state index is 0.00451. The van der Waals surface area contributed by atoms with Crippen molar-refractivity contribution >= 4 is 55.3 Å². The fourth-order valence-corrected chi connectivity index (χ4v) is 5.20. The molecule has 2 bridgehead atoms. The van der Waals surface area contributed by atoms with Crippen LogP contribution in [0.25, 0.3) is 0 Å². The molecule has 5 nitrogen and oxygen atoms in total. The molecule has 0 spiro atoms. The third-order valence-corrected chi connectivity index (χ3v) is 6.37. The fraction of sp³-hybridized carbons (Fsp3) is 0.529. The van der Waals surface area contributed by atoms with Gasteiger partial charge in [0.15, 0.2) is 6.61 Å². The maximum atomic E-state index is 13.3. The second kappa shape index (κ2) is 7.64. The number of amides is 2. The van der Waals surface area contributed by atoms with Gasteiger partial charge in [0.1, 0.15) is 11.6 Å². The van der Waals surface area contributed by atoms with E-state index in [1.165, 1.54) is 12.1 Å². The van der Waals surface area contributed by atoms with Gasteiger partial charge >= 0.3 is 0 Å². The molecule has 9 heteroatoms. The minimum atomic E-state index is -0.591. The fourth-order valence-electron chi connectivity index (χ4n) is 3.67. The van der Waals surface area contributed by atoms with Gasteiger partial charge in [-0.3, -0.25) is 9.59 Å². The summed E-state index contributed by atoms with van der Waals surface area (Å²) < 4.78 is 18.6. The highest BCUT2D eigenvalue weighted by molar-refractivity contribution is 9.10. The van der Waals surface area contributed by atoms with E-state index >= 15 is 0 Å². The van der Waals surface area contributed by atoms with E-state index in [-0.39, 0.29) is 45.1 Å². The average molecular weight is 513 g/mol. The quantitative estimate of drug-likeness (QED) is 0.526. The Bertz CT molecular complexity index is 714. The van der Waals surface area contributed by atoms with E-state index in [9.17, 15) is 14.0 Å². The maximum Gasteiger partial charge on any atom is 0.258 e. The number of hydrogen-bond donors (Lipinski definition) is 2. The molecule has 26 heavy (non-hydrogen) atoms. The predicted octanol–water partition coefficient (Wildman–Crippen LogP) is 3.31. The molecule has 0 aromatic heterocycles. The summed E-state index contributed by atoms with van der Waals surface area (Å²) in [6, 6.07) is 4.03. The third kappa shape index (κ3) is 4.17. The molecule has 3 aliphatic rings. The molecular formula is C17H18Br2ClFN2O3. The number of ether oxygens (including phenoxy) is 1. The molecule has 1 aromatic carbocycles. The number of alkyl halides is 2. The first-order valence-corrected chi connectivity index (χ1v) is 10.6. The summed E-state index contributed by atoms with van der Waals surface area (Å²) in [6.45, 7) is -0.198. The molecule has 0 aliphatic heterocycles. The lowest BCUT2D eigenvalue weighted by Crippen LogP contribution is -2.84. The number of halogens is 4. The van der Waals surface area contributed by atoms with Crippen molar-refractivity contribution < 1.29 is 18.7 Å². The first-order valence-electron chi connectivity index (χ1n) is 8.17. The summed E-state index contributed by atoms with van der Waals surface area (Å²) >= 11 is 12.3. The lowest BCUT2D eigenvalue weighted by atomic mass is 9.44. The van der Waals surface area contributed by atoms with Crippen LogP contribution in [-0.2, 0) is 9.59 Å². The van der Waals surface area contributed by atoms with Crippen LogP contribution in [0, 0.1) is 5.82 Å². The number of nitrogens with one attached hydrogen (secondary N) is 2. The number of benzene rings is 1. The third-order valence-electron chi connectivity index (χ3n) is 4.73. The van der Waals surface area contributed by atoms with E-state index < -0.39 is 5.82 Å². The van der Waals surface area contributed by atoms with E-state index in [1.807, 2.05) is 0 Å². The van der Waals surface area contributed by atoms with Crippen molar-refractivity contribution in [3.05, 3.63) is 29.0 Å². The molecule has 0 saturated heterocycles. The zero-order valence-electron chi connectivity index (χ0n) is 13.8. The van der Waals surface area contributed by atoms with Gasteiger partial charge in [-0.1, -0.05) is 43.5 Å². The standard InChI is InChI=1S/C17H18Br2ClFN2O3/c18-4-3-11(19)15(25)23-17-7-16(8-17,9-17)22-14(24)6-26-10-1-2-12(20)13(21)5-10/h1-2,5,11H,3-4,6-9H2,(H,22,24)(H,23,25). The van der Waals surface area contributed by atoms with Crippen LogP contribution in [0.3, 0.4) is 0 Å². The maximum absolute atomic E-state index is 13.3. The van der Waals surface area contributed by atoms with Crippen LogP contribution in [0.4, 0.5) is 4.39 Å². The Hall–Kier alpha value is -0.860. The molecular weight excluding hydrogens is 494 g/mol. The Morgan fingerprint density at radius 3 is 2.54 bits per heavy atom. The van der Waals surface area contributed by atoms with Crippen LogP contribution in [0.15, 0.2) is 18.2 Å². The molecule has 1 aromatic rings. The minimum Gasteiger partial charge on any atom is -0.484 e. The SMILES string of the molecule is O=C(COc1ccc(Cl)c(F)c1)NC12CC(NC(=O)C(Br)CCBr)(C1)C2. The Morgan fingerprint density at radius 2 is 1.92 bits per heavy atom. The normalized spacial score (nSPS) is 26.9. The highest BCUT2D eigenvalue weighted by Gasteiger charge is 2.69. The van der Waals surface area contributed by atoms with E-state index in [1.54, 1.807) is 0 Å². The van der Waals surface area contributed by atoms with E-state index in [4.69, 9.17) is 16.3 Å². The number of rotatable bonds is 8. The smallest absolute Gasteiger partial charge is 0.258 e. The lowest BCUT2D eigenvalue weighted by molar-refractivity contribution is -0.150. The first-order chi connectivity index (χ1) is 12.3. The van der Waals surface area contributed by atoms with Crippen LogP contribution >= 0.6 is 43.5 Å². The van der Waals surface area contributed by atoms with Crippen LogP contribution < -0.4 is 15.4 Å². The first kappa shape index (κ1) is 19.9. The van der Waals surface area contributed by atoms with Crippen molar-refractivity contribution in [1.29, 1.82) is 0 Å². The topological polar surface area (TPSA) is 67.4 Å². The predicted molar refractivity (Wildman–Crippen MR) is 104 cm³/mol. The molecule has 0 radical (unpaired) electrons. The molecule has 3 saturated carbocycles. The van der Waals surface area contributed by atoms with E-state index in [2.05, 4.69) is 42.5 Å². The molecule has 2 amide bonds. The highest BCUT2D eigenvalue weighted by Crippen LogP contribution is 2.60. The van der Waals surface area contributed by atoms with E-state index in [0.717, 1.165) is 30.7 Å². The van der Waals surface area contributed by atoms with Gasteiger partial charge in [0.2, 0.25) is 5.91 Å². The summed E-state index contributed by atoms with van der Waals surface area (Å²) in [4.78, 5) is 23.9. The summed E-state index contributed by atoms with van der Waals surface area (Å²) in [6.07, 6.45) is 2.88.